The van der Waals surface area contributed by atoms with Gasteiger partial charge in [0, 0.05) is 44.6 Å². The van der Waals surface area contributed by atoms with Crippen LogP contribution in [-0.4, -0.2) is 65.3 Å². The van der Waals surface area contributed by atoms with Crippen LogP contribution in [0.5, 0.6) is 5.75 Å². The number of hydrogen-bond donors (Lipinski definition) is 1. The van der Waals surface area contributed by atoms with Crippen LogP contribution >= 0.6 is 11.6 Å². The van der Waals surface area contributed by atoms with Gasteiger partial charge in [-0.3, -0.25) is 4.79 Å². The van der Waals surface area contributed by atoms with Gasteiger partial charge in [0.2, 0.25) is 5.95 Å². The standard InChI is InChI=1S/C22H29ClN4O3/c1-15-10-18(11-16(2)19(15)23)30-14-22(29)6-5-8-27(9-7-22)20(28)17-12-24-21(25-13-17)26(3)4/h10-13,29H,5-9,14H2,1-4H3. The zero-order valence-corrected chi connectivity index (χ0v) is 18.7. The Labute approximate surface area is 182 Å². The summed E-state index contributed by atoms with van der Waals surface area (Å²) in [6, 6.07) is 3.76. The maximum absolute atomic E-state index is 12.8. The first-order valence-electron chi connectivity index (χ1n) is 10.1. The first-order valence-corrected chi connectivity index (χ1v) is 10.5. The smallest absolute Gasteiger partial charge is 0.256 e. The highest BCUT2D eigenvalue weighted by Gasteiger charge is 2.33. The zero-order chi connectivity index (χ0) is 21.9. The molecule has 2 aromatic rings. The molecule has 0 radical (unpaired) electrons. The molecule has 30 heavy (non-hydrogen) atoms. The second kappa shape index (κ2) is 9.18. The SMILES string of the molecule is Cc1cc(OCC2(O)CCCN(C(=O)c3cnc(N(C)C)nc3)CC2)cc(C)c1Cl. The molecule has 7 nitrogen and oxygen atoms in total. The van der Waals surface area contributed by atoms with Gasteiger partial charge in [-0.2, -0.15) is 0 Å². The van der Waals surface area contributed by atoms with E-state index in [1.54, 1.807) is 22.2 Å². The lowest BCUT2D eigenvalue weighted by Gasteiger charge is -2.27. The van der Waals surface area contributed by atoms with E-state index in [9.17, 15) is 9.90 Å². The van der Waals surface area contributed by atoms with Crippen LogP contribution in [0.15, 0.2) is 24.5 Å². The molecule has 0 saturated carbocycles. The van der Waals surface area contributed by atoms with Crippen LogP contribution in [-0.2, 0) is 0 Å². The van der Waals surface area contributed by atoms with Crippen molar-refractivity contribution in [1.29, 1.82) is 0 Å². The van der Waals surface area contributed by atoms with Gasteiger partial charge in [-0.05, 0) is 56.4 Å². The van der Waals surface area contributed by atoms with Crippen molar-refractivity contribution in [2.24, 2.45) is 0 Å². The number of hydrogen-bond acceptors (Lipinski definition) is 6. The molecule has 2 heterocycles. The van der Waals surface area contributed by atoms with Crippen LogP contribution in [0.2, 0.25) is 5.02 Å². The summed E-state index contributed by atoms with van der Waals surface area (Å²) in [6.07, 6.45) is 4.81. The Kier molecular flexibility index (Phi) is 6.83. The van der Waals surface area contributed by atoms with Crippen molar-refractivity contribution in [2.45, 2.75) is 38.7 Å². The lowest BCUT2D eigenvalue weighted by molar-refractivity contribution is -0.0163. The molecule has 1 unspecified atom stereocenters. The molecule has 1 aliphatic rings. The molecule has 3 rings (SSSR count). The van der Waals surface area contributed by atoms with Crippen molar-refractivity contribution in [3.63, 3.8) is 0 Å². The number of anilines is 1. The van der Waals surface area contributed by atoms with E-state index in [0.717, 1.165) is 16.1 Å². The van der Waals surface area contributed by atoms with Gasteiger partial charge in [0.05, 0.1) is 5.56 Å². The molecule has 1 aliphatic heterocycles. The van der Waals surface area contributed by atoms with Crippen LogP contribution < -0.4 is 9.64 Å². The first-order chi connectivity index (χ1) is 14.2. The summed E-state index contributed by atoms with van der Waals surface area (Å²) in [6.45, 7) is 5.07. The number of amides is 1. The van der Waals surface area contributed by atoms with Gasteiger partial charge in [-0.1, -0.05) is 11.6 Å². The average molecular weight is 433 g/mol. The maximum Gasteiger partial charge on any atom is 0.256 e. The predicted octanol–water partition coefficient (Wildman–Crippen LogP) is 3.25. The Hall–Kier alpha value is -2.38. The van der Waals surface area contributed by atoms with Crippen LogP contribution in [0.3, 0.4) is 0 Å². The van der Waals surface area contributed by atoms with E-state index in [2.05, 4.69) is 9.97 Å². The van der Waals surface area contributed by atoms with Crippen LogP contribution in [0.1, 0.15) is 40.7 Å². The van der Waals surface area contributed by atoms with E-state index in [0.29, 0.717) is 49.6 Å². The molecule has 1 aromatic heterocycles. The number of benzene rings is 1. The van der Waals surface area contributed by atoms with Gasteiger partial charge in [0.15, 0.2) is 0 Å². The van der Waals surface area contributed by atoms with E-state index < -0.39 is 5.60 Å². The maximum atomic E-state index is 12.8. The Morgan fingerprint density at radius 1 is 1.20 bits per heavy atom. The third kappa shape index (κ3) is 5.21. The largest absolute Gasteiger partial charge is 0.491 e. The molecule has 1 saturated heterocycles. The normalized spacial score (nSPS) is 19.3. The predicted molar refractivity (Wildman–Crippen MR) is 117 cm³/mol. The van der Waals surface area contributed by atoms with E-state index in [-0.39, 0.29) is 12.5 Å². The summed E-state index contributed by atoms with van der Waals surface area (Å²) >= 11 is 6.21. The van der Waals surface area contributed by atoms with Crippen LogP contribution in [0.25, 0.3) is 0 Å². The summed E-state index contributed by atoms with van der Waals surface area (Å²) in [5, 5.41) is 11.8. The molecule has 1 aromatic carbocycles. The molecule has 0 bridgehead atoms. The Morgan fingerprint density at radius 2 is 1.83 bits per heavy atom. The number of aromatic nitrogens is 2. The lowest BCUT2D eigenvalue weighted by atomic mass is 9.96. The number of nitrogens with zero attached hydrogens (tertiary/aromatic N) is 4. The van der Waals surface area contributed by atoms with Crippen molar-refractivity contribution >= 4 is 23.5 Å². The highest BCUT2D eigenvalue weighted by Crippen LogP contribution is 2.28. The van der Waals surface area contributed by atoms with Crippen LogP contribution in [0.4, 0.5) is 5.95 Å². The Bertz CT molecular complexity index is 881. The van der Waals surface area contributed by atoms with Gasteiger partial charge in [-0.25, -0.2) is 9.97 Å². The summed E-state index contributed by atoms with van der Waals surface area (Å²) in [4.78, 5) is 24.8. The van der Waals surface area contributed by atoms with Crippen molar-refractivity contribution in [1.82, 2.24) is 14.9 Å². The van der Waals surface area contributed by atoms with Crippen molar-refractivity contribution < 1.29 is 14.6 Å². The monoisotopic (exact) mass is 432 g/mol. The molecule has 162 valence electrons. The van der Waals surface area contributed by atoms with Crippen molar-refractivity contribution in [2.75, 3.05) is 38.7 Å². The second-order valence-corrected chi connectivity index (χ2v) is 8.57. The summed E-state index contributed by atoms with van der Waals surface area (Å²) in [7, 11) is 3.70. The number of ether oxygens (including phenoxy) is 1. The molecular formula is C22H29ClN4O3. The lowest BCUT2D eigenvalue weighted by Crippen LogP contribution is -2.38. The number of halogens is 1. The van der Waals surface area contributed by atoms with Gasteiger partial charge in [0.1, 0.15) is 18.0 Å². The van der Waals surface area contributed by atoms with Crippen molar-refractivity contribution in [3.05, 3.63) is 46.2 Å². The van der Waals surface area contributed by atoms with Gasteiger partial charge >= 0.3 is 0 Å². The topological polar surface area (TPSA) is 78.8 Å². The summed E-state index contributed by atoms with van der Waals surface area (Å²) < 4.78 is 5.90. The molecular weight excluding hydrogens is 404 g/mol. The van der Waals surface area contributed by atoms with Gasteiger partial charge < -0.3 is 19.6 Å². The first kappa shape index (κ1) is 22.3. The number of aryl methyl sites for hydroxylation is 2. The number of carbonyl (C=O) groups excluding carboxylic acids is 1. The van der Waals surface area contributed by atoms with Crippen LogP contribution in [0, 0.1) is 13.8 Å². The number of carbonyl (C=O) groups is 1. The second-order valence-electron chi connectivity index (χ2n) is 8.20. The minimum Gasteiger partial charge on any atom is -0.491 e. The summed E-state index contributed by atoms with van der Waals surface area (Å²) in [5.74, 6) is 1.13. The minimum absolute atomic E-state index is 0.116. The van der Waals surface area contributed by atoms with Crippen molar-refractivity contribution in [3.8, 4) is 5.75 Å². The number of rotatable bonds is 5. The fraction of sp³-hybridized carbons (Fsp3) is 0.500. The average Bonchev–Trinajstić information content (AvgIpc) is 2.92. The quantitative estimate of drug-likeness (QED) is 0.781. The molecule has 1 fully saturated rings. The highest BCUT2D eigenvalue weighted by atomic mass is 35.5. The molecule has 8 heteroatoms. The van der Waals surface area contributed by atoms with E-state index in [1.807, 2.05) is 40.1 Å². The molecule has 1 atom stereocenters. The third-order valence-corrected chi connectivity index (χ3v) is 6.00. The van der Waals surface area contributed by atoms with Gasteiger partial charge in [0.25, 0.3) is 5.91 Å². The number of likely N-dealkylation sites (tertiary alicyclic amines) is 1. The minimum atomic E-state index is -0.984. The van der Waals surface area contributed by atoms with E-state index in [4.69, 9.17) is 16.3 Å². The fourth-order valence-electron chi connectivity index (χ4n) is 3.58. The fourth-order valence-corrected chi connectivity index (χ4v) is 3.69. The third-order valence-electron chi connectivity index (χ3n) is 5.41. The van der Waals surface area contributed by atoms with Gasteiger partial charge in [-0.15, -0.1) is 0 Å². The highest BCUT2D eigenvalue weighted by molar-refractivity contribution is 6.32. The molecule has 0 spiro atoms. The number of aliphatic hydroxyl groups is 1. The van der Waals surface area contributed by atoms with E-state index >= 15 is 0 Å². The summed E-state index contributed by atoms with van der Waals surface area (Å²) in [5.41, 5.74) is 1.36. The zero-order valence-electron chi connectivity index (χ0n) is 18.0. The molecule has 1 N–H and O–H groups in total. The Balaban J connectivity index is 1.61. The molecule has 0 aliphatic carbocycles. The Morgan fingerprint density at radius 3 is 2.43 bits per heavy atom. The van der Waals surface area contributed by atoms with E-state index in [1.165, 1.54) is 0 Å². The molecule has 1 amide bonds.